The van der Waals surface area contributed by atoms with Gasteiger partial charge in [-0.3, -0.25) is 13.8 Å². The van der Waals surface area contributed by atoms with Crippen molar-refractivity contribution in [2.75, 3.05) is 0 Å². The van der Waals surface area contributed by atoms with E-state index in [0.717, 1.165) is 15.7 Å². The van der Waals surface area contributed by atoms with Crippen molar-refractivity contribution >= 4 is 32.6 Å². The second-order valence-corrected chi connectivity index (χ2v) is 6.39. The molecule has 0 aliphatic rings. The minimum atomic E-state index is -0.0590. The number of aromatic nitrogens is 4. The lowest BCUT2D eigenvalue weighted by molar-refractivity contribution is 0.293. The lowest BCUT2D eigenvalue weighted by Gasteiger charge is -2.10. The van der Waals surface area contributed by atoms with Crippen LogP contribution >= 0.6 is 15.9 Å². The number of ether oxygens (including phenoxy) is 1. The fraction of sp³-hybridized carbons (Fsp3) is 0.167. The molecular formula is C18H15BrN4O2. The predicted octanol–water partition coefficient (Wildman–Crippen LogP) is 3.41. The molecule has 0 spiro atoms. The third kappa shape index (κ3) is 2.60. The molecule has 25 heavy (non-hydrogen) atoms. The lowest BCUT2D eigenvalue weighted by Crippen LogP contribution is -2.22. The molecule has 0 N–H and O–H groups in total. The average molecular weight is 399 g/mol. The Kier molecular flexibility index (Phi) is 4.01. The summed E-state index contributed by atoms with van der Waals surface area (Å²) in [7, 11) is 0. The Labute approximate surface area is 151 Å². The second-order valence-electron chi connectivity index (χ2n) is 5.54. The maximum atomic E-state index is 12.7. The van der Waals surface area contributed by atoms with Crippen LogP contribution in [0.5, 0.6) is 5.75 Å². The molecular weight excluding hydrogens is 384 g/mol. The molecule has 0 saturated carbocycles. The normalized spacial score (nSPS) is 11.3. The van der Waals surface area contributed by atoms with Crippen LogP contribution in [0.3, 0.4) is 0 Å². The summed E-state index contributed by atoms with van der Waals surface area (Å²) in [6, 6.07) is 15.1. The van der Waals surface area contributed by atoms with E-state index in [4.69, 9.17) is 4.74 Å². The van der Waals surface area contributed by atoms with E-state index in [9.17, 15) is 4.79 Å². The molecule has 2 aromatic heterocycles. The average Bonchev–Trinajstić information content (AvgIpc) is 3.05. The number of halogens is 1. The van der Waals surface area contributed by atoms with Gasteiger partial charge in [-0.25, -0.2) is 0 Å². The number of benzene rings is 2. The van der Waals surface area contributed by atoms with Gasteiger partial charge < -0.3 is 4.74 Å². The van der Waals surface area contributed by atoms with E-state index in [1.165, 1.54) is 0 Å². The van der Waals surface area contributed by atoms with Gasteiger partial charge in [0, 0.05) is 6.54 Å². The van der Waals surface area contributed by atoms with Crippen LogP contribution in [-0.4, -0.2) is 19.2 Å². The van der Waals surface area contributed by atoms with Crippen molar-refractivity contribution in [3.63, 3.8) is 0 Å². The van der Waals surface area contributed by atoms with Gasteiger partial charge in [0.15, 0.2) is 5.82 Å². The van der Waals surface area contributed by atoms with Gasteiger partial charge in [-0.2, -0.15) is 0 Å². The van der Waals surface area contributed by atoms with Crippen molar-refractivity contribution in [2.24, 2.45) is 0 Å². The maximum Gasteiger partial charge on any atom is 0.262 e. The van der Waals surface area contributed by atoms with Crippen molar-refractivity contribution in [3.05, 3.63) is 69.2 Å². The molecule has 2 aromatic carbocycles. The van der Waals surface area contributed by atoms with E-state index in [0.29, 0.717) is 23.5 Å². The standard InChI is InChI=1S/C18H15BrN4O2/c1-2-22-17(24)12-7-3-5-9-14(12)23-16(20-21-18(22)23)11-25-15-10-6-4-8-13(15)19/h3-10H,2,11H2,1H3. The summed E-state index contributed by atoms with van der Waals surface area (Å²) in [5.74, 6) is 1.90. The number of fused-ring (bicyclic) bond motifs is 3. The molecule has 0 atom stereocenters. The van der Waals surface area contributed by atoms with Gasteiger partial charge in [-0.15, -0.1) is 10.2 Å². The van der Waals surface area contributed by atoms with Crippen molar-refractivity contribution in [1.29, 1.82) is 0 Å². The summed E-state index contributed by atoms with van der Waals surface area (Å²) in [6.07, 6.45) is 0. The van der Waals surface area contributed by atoms with Crippen molar-refractivity contribution in [1.82, 2.24) is 19.2 Å². The van der Waals surface area contributed by atoms with Crippen LogP contribution in [0.15, 0.2) is 57.8 Å². The van der Waals surface area contributed by atoms with E-state index in [2.05, 4.69) is 26.1 Å². The zero-order chi connectivity index (χ0) is 17.4. The van der Waals surface area contributed by atoms with Crippen LogP contribution in [0.1, 0.15) is 12.7 Å². The number of rotatable bonds is 4. The SMILES string of the molecule is CCn1c(=O)c2ccccc2n2c(COc3ccccc3Br)nnc12. The Morgan fingerprint density at radius 3 is 2.64 bits per heavy atom. The topological polar surface area (TPSA) is 61.4 Å². The quantitative estimate of drug-likeness (QED) is 0.528. The first kappa shape index (κ1) is 15.8. The summed E-state index contributed by atoms with van der Waals surface area (Å²) in [5, 5.41) is 9.11. The van der Waals surface area contributed by atoms with Gasteiger partial charge in [0.2, 0.25) is 5.78 Å². The summed E-state index contributed by atoms with van der Waals surface area (Å²) in [6.45, 7) is 2.69. The first-order chi connectivity index (χ1) is 12.2. The summed E-state index contributed by atoms with van der Waals surface area (Å²) >= 11 is 3.47. The molecule has 6 nitrogen and oxygen atoms in total. The molecule has 0 bridgehead atoms. The van der Waals surface area contributed by atoms with E-state index in [1.54, 1.807) is 4.57 Å². The van der Waals surface area contributed by atoms with E-state index < -0.39 is 0 Å². The van der Waals surface area contributed by atoms with E-state index in [1.807, 2.05) is 59.9 Å². The molecule has 7 heteroatoms. The van der Waals surface area contributed by atoms with Crippen LogP contribution < -0.4 is 10.3 Å². The molecule has 0 amide bonds. The monoisotopic (exact) mass is 398 g/mol. The lowest BCUT2D eigenvalue weighted by atomic mass is 10.2. The molecule has 126 valence electrons. The fourth-order valence-corrected chi connectivity index (χ4v) is 3.30. The summed E-state index contributed by atoms with van der Waals surface area (Å²) in [4.78, 5) is 12.7. The Bertz CT molecular complexity index is 1130. The van der Waals surface area contributed by atoms with Gasteiger partial charge >= 0.3 is 0 Å². The van der Waals surface area contributed by atoms with E-state index >= 15 is 0 Å². The van der Waals surface area contributed by atoms with Crippen LogP contribution in [0.4, 0.5) is 0 Å². The second kappa shape index (κ2) is 6.33. The smallest absolute Gasteiger partial charge is 0.262 e. The molecule has 4 aromatic rings. The Hall–Kier alpha value is -2.67. The van der Waals surface area contributed by atoms with Crippen molar-refractivity contribution in [3.8, 4) is 5.75 Å². The number of para-hydroxylation sites is 2. The van der Waals surface area contributed by atoms with Crippen LogP contribution in [0, 0.1) is 0 Å². The van der Waals surface area contributed by atoms with Gasteiger partial charge in [0.1, 0.15) is 12.4 Å². The van der Waals surface area contributed by atoms with Crippen LogP contribution in [-0.2, 0) is 13.2 Å². The van der Waals surface area contributed by atoms with Gasteiger partial charge in [0.05, 0.1) is 15.4 Å². The summed E-state index contributed by atoms with van der Waals surface area (Å²) < 4.78 is 10.3. The molecule has 2 heterocycles. The molecule has 0 radical (unpaired) electrons. The molecule has 0 fully saturated rings. The maximum absolute atomic E-state index is 12.7. The minimum absolute atomic E-state index is 0.0590. The first-order valence-corrected chi connectivity index (χ1v) is 8.73. The van der Waals surface area contributed by atoms with Crippen molar-refractivity contribution < 1.29 is 4.74 Å². The molecule has 0 aliphatic carbocycles. The van der Waals surface area contributed by atoms with E-state index in [-0.39, 0.29) is 12.2 Å². The Morgan fingerprint density at radius 1 is 1.08 bits per heavy atom. The molecule has 0 saturated heterocycles. The number of nitrogens with zero attached hydrogens (tertiary/aromatic N) is 4. The van der Waals surface area contributed by atoms with Crippen molar-refractivity contribution in [2.45, 2.75) is 20.1 Å². The summed E-state index contributed by atoms with van der Waals surface area (Å²) in [5.41, 5.74) is 0.721. The third-order valence-electron chi connectivity index (χ3n) is 4.08. The fourth-order valence-electron chi connectivity index (χ4n) is 2.90. The predicted molar refractivity (Wildman–Crippen MR) is 98.9 cm³/mol. The highest BCUT2D eigenvalue weighted by atomic mass is 79.9. The van der Waals surface area contributed by atoms with Crippen LogP contribution in [0.2, 0.25) is 0 Å². The number of aryl methyl sites for hydroxylation is 1. The number of hydrogen-bond donors (Lipinski definition) is 0. The Balaban J connectivity index is 1.87. The molecule has 0 unspecified atom stereocenters. The molecule has 0 aliphatic heterocycles. The third-order valence-corrected chi connectivity index (χ3v) is 4.74. The van der Waals surface area contributed by atoms with Gasteiger partial charge in [-0.1, -0.05) is 24.3 Å². The highest BCUT2D eigenvalue weighted by Gasteiger charge is 2.16. The largest absolute Gasteiger partial charge is 0.484 e. The molecule has 4 rings (SSSR count). The minimum Gasteiger partial charge on any atom is -0.484 e. The highest BCUT2D eigenvalue weighted by molar-refractivity contribution is 9.10. The van der Waals surface area contributed by atoms with Gasteiger partial charge in [-0.05, 0) is 47.1 Å². The van der Waals surface area contributed by atoms with Crippen LogP contribution in [0.25, 0.3) is 16.7 Å². The Morgan fingerprint density at radius 2 is 1.84 bits per heavy atom. The first-order valence-electron chi connectivity index (χ1n) is 7.93. The zero-order valence-corrected chi connectivity index (χ0v) is 15.1. The zero-order valence-electron chi connectivity index (χ0n) is 13.5. The van der Waals surface area contributed by atoms with Gasteiger partial charge in [0.25, 0.3) is 5.56 Å². The number of hydrogen-bond acceptors (Lipinski definition) is 4. The highest BCUT2D eigenvalue weighted by Crippen LogP contribution is 2.25.